The second kappa shape index (κ2) is 4.72. The van der Waals surface area contributed by atoms with Gasteiger partial charge in [-0.05, 0) is 36.6 Å². The van der Waals surface area contributed by atoms with Gasteiger partial charge in [-0.2, -0.15) is 4.98 Å². The van der Waals surface area contributed by atoms with Gasteiger partial charge in [0.25, 0.3) is 0 Å². The van der Waals surface area contributed by atoms with E-state index in [0.29, 0.717) is 11.8 Å². The zero-order chi connectivity index (χ0) is 12.5. The SMILES string of the molecule is CC1CCCC(Oc2nc(N)nc3sccc23)C1. The molecule has 0 saturated heterocycles. The lowest BCUT2D eigenvalue weighted by Crippen LogP contribution is -2.24. The van der Waals surface area contributed by atoms with Crippen LogP contribution in [0, 0.1) is 5.92 Å². The van der Waals surface area contributed by atoms with Gasteiger partial charge in [-0.15, -0.1) is 11.3 Å². The Morgan fingerprint density at radius 2 is 2.28 bits per heavy atom. The zero-order valence-corrected chi connectivity index (χ0v) is 11.2. The minimum Gasteiger partial charge on any atom is -0.474 e. The molecule has 2 unspecified atom stereocenters. The molecule has 0 aromatic carbocycles. The molecule has 2 aromatic heterocycles. The first-order chi connectivity index (χ1) is 8.72. The molecule has 0 spiro atoms. The number of fused-ring (bicyclic) bond motifs is 1. The summed E-state index contributed by atoms with van der Waals surface area (Å²) in [5, 5.41) is 2.97. The average molecular weight is 263 g/mol. The zero-order valence-electron chi connectivity index (χ0n) is 10.4. The van der Waals surface area contributed by atoms with Crippen molar-refractivity contribution in [3.8, 4) is 5.88 Å². The summed E-state index contributed by atoms with van der Waals surface area (Å²) in [5.41, 5.74) is 5.72. The Kier molecular flexibility index (Phi) is 3.07. The summed E-state index contributed by atoms with van der Waals surface area (Å²) in [6.45, 7) is 2.28. The van der Waals surface area contributed by atoms with Gasteiger partial charge in [-0.25, -0.2) is 4.98 Å². The number of hydrogen-bond acceptors (Lipinski definition) is 5. The molecule has 2 N–H and O–H groups in total. The quantitative estimate of drug-likeness (QED) is 0.903. The molecule has 1 aliphatic carbocycles. The molecule has 4 nitrogen and oxygen atoms in total. The fraction of sp³-hybridized carbons (Fsp3) is 0.538. The average Bonchev–Trinajstić information content (AvgIpc) is 2.77. The van der Waals surface area contributed by atoms with Crippen molar-refractivity contribution in [2.45, 2.75) is 38.7 Å². The van der Waals surface area contributed by atoms with Crippen molar-refractivity contribution in [2.24, 2.45) is 5.92 Å². The molecule has 2 aromatic rings. The monoisotopic (exact) mass is 263 g/mol. The third-order valence-corrected chi connectivity index (χ3v) is 4.28. The summed E-state index contributed by atoms with van der Waals surface area (Å²) in [6.07, 6.45) is 5.03. The Balaban J connectivity index is 1.87. The van der Waals surface area contributed by atoms with Crippen molar-refractivity contribution in [1.29, 1.82) is 0 Å². The fourth-order valence-corrected chi connectivity index (χ4v) is 3.34. The largest absolute Gasteiger partial charge is 0.474 e. The lowest BCUT2D eigenvalue weighted by atomic mass is 9.89. The summed E-state index contributed by atoms with van der Waals surface area (Å²) in [4.78, 5) is 9.36. The van der Waals surface area contributed by atoms with Crippen LogP contribution < -0.4 is 10.5 Å². The van der Waals surface area contributed by atoms with Crippen LogP contribution in [-0.2, 0) is 0 Å². The maximum absolute atomic E-state index is 6.05. The van der Waals surface area contributed by atoms with E-state index in [1.165, 1.54) is 12.8 Å². The lowest BCUT2D eigenvalue weighted by Gasteiger charge is -2.27. The van der Waals surface area contributed by atoms with Crippen LogP contribution in [0.2, 0.25) is 0 Å². The molecule has 1 fully saturated rings. The van der Waals surface area contributed by atoms with Crippen LogP contribution in [-0.4, -0.2) is 16.1 Å². The molecule has 0 aliphatic heterocycles. The maximum Gasteiger partial charge on any atom is 0.227 e. The van der Waals surface area contributed by atoms with Crippen LogP contribution in [0.3, 0.4) is 0 Å². The Hall–Kier alpha value is -1.36. The van der Waals surface area contributed by atoms with Gasteiger partial charge in [0.1, 0.15) is 10.9 Å². The second-order valence-electron chi connectivity index (χ2n) is 5.04. The van der Waals surface area contributed by atoms with Gasteiger partial charge < -0.3 is 10.5 Å². The van der Waals surface area contributed by atoms with E-state index in [9.17, 15) is 0 Å². The number of aromatic nitrogens is 2. The summed E-state index contributed by atoms with van der Waals surface area (Å²) in [7, 11) is 0. The number of hydrogen-bond donors (Lipinski definition) is 1. The van der Waals surface area contributed by atoms with Crippen molar-refractivity contribution in [2.75, 3.05) is 5.73 Å². The van der Waals surface area contributed by atoms with Gasteiger partial charge in [0.05, 0.1) is 5.39 Å². The van der Waals surface area contributed by atoms with Crippen LogP contribution >= 0.6 is 11.3 Å². The number of rotatable bonds is 2. The van der Waals surface area contributed by atoms with Crippen LogP contribution in [0.1, 0.15) is 32.6 Å². The minimum absolute atomic E-state index is 0.270. The lowest BCUT2D eigenvalue weighted by molar-refractivity contribution is 0.126. The van der Waals surface area contributed by atoms with E-state index in [2.05, 4.69) is 16.9 Å². The molecule has 1 aliphatic rings. The standard InChI is InChI=1S/C13H17N3OS/c1-8-3-2-4-9(7-8)17-11-10-5-6-18-12(10)16-13(14)15-11/h5-6,8-9H,2-4,7H2,1H3,(H2,14,15,16). The summed E-state index contributed by atoms with van der Waals surface area (Å²) >= 11 is 1.57. The smallest absolute Gasteiger partial charge is 0.227 e. The molecular formula is C13H17N3OS. The fourth-order valence-electron chi connectivity index (χ4n) is 2.58. The van der Waals surface area contributed by atoms with Crippen molar-refractivity contribution >= 4 is 27.5 Å². The highest BCUT2D eigenvalue weighted by atomic mass is 32.1. The van der Waals surface area contributed by atoms with Crippen LogP contribution in [0.15, 0.2) is 11.4 Å². The van der Waals surface area contributed by atoms with E-state index in [-0.39, 0.29) is 6.10 Å². The normalized spacial score (nSPS) is 24.3. The van der Waals surface area contributed by atoms with Crippen molar-refractivity contribution in [3.63, 3.8) is 0 Å². The number of thiophene rings is 1. The predicted octanol–water partition coefficient (Wildman–Crippen LogP) is 3.23. The van der Waals surface area contributed by atoms with Gasteiger partial charge in [0.2, 0.25) is 11.8 Å². The molecule has 1 saturated carbocycles. The summed E-state index contributed by atoms with van der Waals surface area (Å²) in [5.74, 6) is 1.68. The summed E-state index contributed by atoms with van der Waals surface area (Å²) in [6, 6.07) is 2.00. The molecule has 2 atom stereocenters. The number of ether oxygens (including phenoxy) is 1. The third kappa shape index (κ3) is 2.27. The Bertz CT molecular complexity index is 554. The van der Waals surface area contributed by atoms with Gasteiger partial charge >= 0.3 is 0 Å². The van der Waals surface area contributed by atoms with Crippen LogP contribution in [0.4, 0.5) is 5.95 Å². The highest BCUT2D eigenvalue weighted by Gasteiger charge is 2.22. The van der Waals surface area contributed by atoms with E-state index in [1.807, 2.05) is 11.4 Å². The Morgan fingerprint density at radius 3 is 3.11 bits per heavy atom. The molecular weight excluding hydrogens is 246 g/mol. The number of nitrogens with two attached hydrogens (primary N) is 1. The van der Waals surface area contributed by atoms with Gasteiger partial charge in [0, 0.05) is 0 Å². The van der Waals surface area contributed by atoms with E-state index in [4.69, 9.17) is 10.5 Å². The van der Waals surface area contributed by atoms with Crippen molar-refractivity contribution < 1.29 is 4.74 Å². The predicted molar refractivity (Wildman–Crippen MR) is 73.9 cm³/mol. The highest BCUT2D eigenvalue weighted by molar-refractivity contribution is 7.16. The molecule has 18 heavy (non-hydrogen) atoms. The molecule has 0 radical (unpaired) electrons. The molecule has 0 amide bonds. The first-order valence-electron chi connectivity index (χ1n) is 6.40. The van der Waals surface area contributed by atoms with Gasteiger partial charge in [0.15, 0.2) is 0 Å². The molecule has 96 valence electrons. The first-order valence-corrected chi connectivity index (χ1v) is 7.27. The van der Waals surface area contributed by atoms with E-state index < -0.39 is 0 Å². The van der Waals surface area contributed by atoms with Gasteiger partial charge in [-0.1, -0.05) is 13.3 Å². The number of nitrogens with zero attached hydrogens (tertiary/aromatic N) is 2. The van der Waals surface area contributed by atoms with E-state index >= 15 is 0 Å². The first kappa shape index (κ1) is 11.7. The van der Waals surface area contributed by atoms with E-state index in [0.717, 1.165) is 29.0 Å². The number of anilines is 1. The van der Waals surface area contributed by atoms with Crippen molar-refractivity contribution in [3.05, 3.63) is 11.4 Å². The van der Waals surface area contributed by atoms with Crippen molar-refractivity contribution in [1.82, 2.24) is 9.97 Å². The number of nitrogen functional groups attached to an aromatic ring is 1. The molecule has 2 heterocycles. The topological polar surface area (TPSA) is 61.0 Å². The highest BCUT2D eigenvalue weighted by Crippen LogP contribution is 2.31. The Labute approximate surface area is 110 Å². The molecule has 0 bridgehead atoms. The third-order valence-electron chi connectivity index (χ3n) is 3.47. The minimum atomic E-state index is 0.270. The van der Waals surface area contributed by atoms with Crippen LogP contribution in [0.25, 0.3) is 10.2 Å². The maximum atomic E-state index is 6.05. The van der Waals surface area contributed by atoms with E-state index in [1.54, 1.807) is 11.3 Å². The summed E-state index contributed by atoms with van der Waals surface area (Å²) < 4.78 is 6.05. The van der Waals surface area contributed by atoms with Gasteiger partial charge in [-0.3, -0.25) is 0 Å². The second-order valence-corrected chi connectivity index (χ2v) is 5.93. The Morgan fingerprint density at radius 1 is 1.39 bits per heavy atom. The van der Waals surface area contributed by atoms with Crippen LogP contribution in [0.5, 0.6) is 5.88 Å². The molecule has 5 heteroatoms. The molecule has 3 rings (SSSR count).